The van der Waals surface area contributed by atoms with Crippen LogP contribution in [0.4, 0.5) is 5.69 Å². The van der Waals surface area contributed by atoms with Crippen LogP contribution in [0.5, 0.6) is 0 Å². The summed E-state index contributed by atoms with van der Waals surface area (Å²) in [7, 11) is 1.36. The molecule has 0 saturated heterocycles. The molecule has 0 saturated carbocycles. The average Bonchev–Trinajstić information content (AvgIpc) is 2.79. The first-order valence-electron chi connectivity index (χ1n) is 6.19. The van der Waals surface area contributed by atoms with E-state index >= 15 is 0 Å². The molecule has 0 amide bonds. The highest BCUT2D eigenvalue weighted by Gasteiger charge is 2.19. The van der Waals surface area contributed by atoms with Crippen molar-refractivity contribution in [1.29, 1.82) is 0 Å². The van der Waals surface area contributed by atoms with E-state index in [9.17, 15) is 4.79 Å². The number of pyridine rings is 1. The van der Waals surface area contributed by atoms with Gasteiger partial charge in [0.05, 0.1) is 18.3 Å². The molecule has 0 aliphatic rings. The quantitative estimate of drug-likeness (QED) is 0.696. The minimum absolute atomic E-state index is 0.402. The highest BCUT2D eigenvalue weighted by atomic mass is 32.1. The molecule has 2 N–H and O–H groups in total. The van der Waals surface area contributed by atoms with E-state index in [4.69, 9.17) is 10.5 Å². The largest absolute Gasteiger partial charge is 0.465 e. The maximum Gasteiger partial charge on any atom is 0.350 e. The van der Waals surface area contributed by atoms with Crippen LogP contribution < -0.4 is 5.73 Å². The second kappa shape index (κ2) is 4.45. The predicted octanol–water partition coefficient (Wildman–Crippen LogP) is 3.44. The molecule has 2 aromatic heterocycles. The fraction of sp³-hybridized carbons (Fsp3) is 0.200. The van der Waals surface area contributed by atoms with Crippen LogP contribution in [0.1, 0.15) is 20.8 Å². The zero-order chi connectivity index (χ0) is 14.4. The van der Waals surface area contributed by atoms with Crippen molar-refractivity contribution in [3.05, 3.63) is 34.3 Å². The van der Waals surface area contributed by atoms with E-state index in [2.05, 4.69) is 24.9 Å². The Balaban J connectivity index is 2.43. The van der Waals surface area contributed by atoms with Crippen LogP contribution in [0.25, 0.3) is 21.0 Å². The van der Waals surface area contributed by atoms with Crippen LogP contribution in [0.15, 0.2) is 18.3 Å². The van der Waals surface area contributed by atoms with Crippen LogP contribution in [0, 0.1) is 13.8 Å². The van der Waals surface area contributed by atoms with Gasteiger partial charge in [-0.1, -0.05) is 12.1 Å². The first-order chi connectivity index (χ1) is 9.54. The number of nitrogens with zero attached hydrogens (tertiary/aromatic N) is 1. The Hall–Kier alpha value is -2.14. The summed E-state index contributed by atoms with van der Waals surface area (Å²) in [6, 6.07) is 4.09. The van der Waals surface area contributed by atoms with E-state index in [0.29, 0.717) is 10.6 Å². The second-order valence-electron chi connectivity index (χ2n) is 4.74. The van der Waals surface area contributed by atoms with Gasteiger partial charge in [-0.05, 0) is 25.0 Å². The summed E-state index contributed by atoms with van der Waals surface area (Å²) in [6.07, 6.45) is 1.74. The maximum atomic E-state index is 11.7. The van der Waals surface area contributed by atoms with Crippen molar-refractivity contribution in [3.63, 3.8) is 0 Å². The van der Waals surface area contributed by atoms with Crippen molar-refractivity contribution in [2.75, 3.05) is 12.8 Å². The normalized spacial score (nSPS) is 11.2. The van der Waals surface area contributed by atoms with Crippen LogP contribution in [-0.2, 0) is 4.74 Å². The molecule has 0 atom stereocenters. The molecule has 4 nitrogen and oxygen atoms in total. The summed E-state index contributed by atoms with van der Waals surface area (Å²) < 4.78 is 5.76. The molecule has 0 radical (unpaired) electrons. The molecule has 0 fully saturated rings. The molecular formula is C15H14N2O2S. The topological polar surface area (TPSA) is 65.2 Å². The van der Waals surface area contributed by atoms with Gasteiger partial charge in [0, 0.05) is 21.7 Å². The lowest BCUT2D eigenvalue weighted by Crippen LogP contribution is -2.01. The lowest BCUT2D eigenvalue weighted by Gasteiger charge is -2.05. The van der Waals surface area contributed by atoms with Crippen molar-refractivity contribution in [2.45, 2.75) is 13.8 Å². The number of fused-ring (bicyclic) bond motifs is 3. The second-order valence-corrected chi connectivity index (χ2v) is 5.76. The number of benzene rings is 1. The summed E-state index contributed by atoms with van der Waals surface area (Å²) in [6.45, 7) is 4.11. The van der Waals surface area contributed by atoms with Gasteiger partial charge in [0.15, 0.2) is 0 Å². The van der Waals surface area contributed by atoms with Crippen molar-refractivity contribution in [3.8, 4) is 0 Å². The van der Waals surface area contributed by atoms with Crippen LogP contribution in [0.2, 0.25) is 0 Å². The summed E-state index contributed by atoms with van der Waals surface area (Å²) in [5.41, 5.74) is 9.79. The molecule has 0 bridgehead atoms. The van der Waals surface area contributed by atoms with E-state index < -0.39 is 5.97 Å². The third-order valence-corrected chi connectivity index (χ3v) is 4.86. The Morgan fingerprint density at radius 2 is 2.05 bits per heavy atom. The number of thiophene rings is 1. The summed E-state index contributed by atoms with van der Waals surface area (Å²) in [5, 5.41) is 1.84. The summed E-state index contributed by atoms with van der Waals surface area (Å²) in [5.74, 6) is -0.402. The number of methoxy groups -OCH3 is 1. The predicted molar refractivity (Wildman–Crippen MR) is 82.4 cm³/mol. The molecule has 0 aliphatic heterocycles. The molecule has 3 aromatic rings. The van der Waals surface area contributed by atoms with Crippen molar-refractivity contribution in [2.24, 2.45) is 0 Å². The van der Waals surface area contributed by atoms with Crippen molar-refractivity contribution in [1.82, 2.24) is 4.98 Å². The van der Waals surface area contributed by atoms with E-state index in [1.54, 1.807) is 6.20 Å². The zero-order valence-corrected chi connectivity index (χ0v) is 12.3. The fourth-order valence-electron chi connectivity index (χ4n) is 2.31. The number of carbonyl (C=O) groups is 1. The zero-order valence-electron chi connectivity index (χ0n) is 11.5. The molecule has 0 aliphatic carbocycles. The Morgan fingerprint density at radius 3 is 2.75 bits per heavy atom. The molecular weight excluding hydrogens is 272 g/mol. The molecule has 20 heavy (non-hydrogen) atoms. The number of anilines is 1. The third kappa shape index (κ3) is 1.67. The number of hydrogen-bond acceptors (Lipinski definition) is 5. The fourth-order valence-corrected chi connectivity index (χ4v) is 3.45. The van der Waals surface area contributed by atoms with Gasteiger partial charge >= 0.3 is 5.97 Å². The van der Waals surface area contributed by atoms with E-state index in [0.717, 1.165) is 26.6 Å². The van der Waals surface area contributed by atoms with Gasteiger partial charge in [-0.15, -0.1) is 11.3 Å². The minimum Gasteiger partial charge on any atom is -0.465 e. The van der Waals surface area contributed by atoms with Gasteiger partial charge < -0.3 is 10.5 Å². The summed E-state index contributed by atoms with van der Waals surface area (Å²) >= 11 is 1.36. The molecule has 102 valence electrons. The SMILES string of the molecule is COC(=O)c1sc2c(cnc3c(C)c(C)ccc32)c1N. The molecule has 0 unspecified atom stereocenters. The van der Waals surface area contributed by atoms with Gasteiger partial charge in [-0.2, -0.15) is 0 Å². The first-order valence-corrected chi connectivity index (χ1v) is 7.01. The van der Waals surface area contributed by atoms with E-state index in [1.807, 2.05) is 6.07 Å². The van der Waals surface area contributed by atoms with Gasteiger partial charge in [0.1, 0.15) is 4.88 Å². The number of ether oxygens (including phenoxy) is 1. The number of nitrogen functional groups attached to an aromatic ring is 1. The van der Waals surface area contributed by atoms with Crippen molar-refractivity contribution >= 4 is 44.0 Å². The minimum atomic E-state index is -0.402. The Bertz CT molecular complexity index is 852. The number of aryl methyl sites for hydroxylation is 2. The van der Waals surface area contributed by atoms with E-state index in [1.165, 1.54) is 24.0 Å². The number of esters is 1. The van der Waals surface area contributed by atoms with Crippen LogP contribution in [0.3, 0.4) is 0 Å². The van der Waals surface area contributed by atoms with Crippen LogP contribution in [-0.4, -0.2) is 18.1 Å². The molecule has 1 aromatic carbocycles. The van der Waals surface area contributed by atoms with Gasteiger partial charge in [0.2, 0.25) is 0 Å². The number of nitrogens with two attached hydrogens (primary N) is 1. The smallest absolute Gasteiger partial charge is 0.350 e. The Kier molecular flexibility index (Phi) is 2.87. The number of rotatable bonds is 1. The number of aromatic nitrogens is 1. The average molecular weight is 286 g/mol. The molecule has 3 rings (SSSR count). The van der Waals surface area contributed by atoms with Crippen LogP contribution >= 0.6 is 11.3 Å². The number of carbonyl (C=O) groups excluding carboxylic acids is 1. The van der Waals surface area contributed by atoms with Gasteiger partial charge in [-0.3, -0.25) is 4.98 Å². The lowest BCUT2D eigenvalue weighted by molar-refractivity contribution is 0.0607. The van der Waals surface area contributed by atoms with Gasteiger partial charge in [0.25, 0.3) is 0 Å². The first kappa shape index (κ1) is 12.9. The third-order valence-electron chi connectivity index (χ3n) is 3.62. The molecule has 5 heteroatoms. The Morgan fingerprint density at radius 1 is 1.30 bits per heavy atom. The molecule has 2 heterocycles. The van der Waals surface area contributed by atoms with Crippen molar-refractivity contribution < 1.29 is 9.53 Å². The standard InChI is InChI=1S/C15H14N2O2S/c1-7-4-5-9-12(8(7)2)17-6-10-11(16)14(15(18)19-3)20-13(9)10/h4-6H,16H2,1-3H3. The van der Waals surface area contributed by atoms with Gasteiger partial charge in [-0.25, -0.2) is 4.79 Å². The monoisotopic (exact) mass is 286 g/mol. The highest BCUT2D eigenvalue weighted by Crippen LogP contribution is 2.38. The Labute approximate surface area is 120 Å². The van der Waals surface area contributed by atoms with E-state index in [-0.39, 0.29) is 0 Å². The summed E-state index contributed by atoms with van der Waals surface area (Å²) in [4.78, 5) is 16.7. The number of hydrogen-bond donors (Lipinski definition) is 1. The highest BCUT2D eigenvalue weighted by molar-refractivity contribution is 7.22. The maximum absolute atomic E-state index is 11.7. The molecule has 0 spiro atoms. The lowest BCUT2D eigenvalue weighted by atomic mass is 10.0.